The Bertz CT molecular complexity index is 717. The summed E-state index contributed by atoms with van der Waals surface area (Å²) in [5.74, 6) is 0.232. The highest BCUT2D eigenvalue weighted by molar-refractivity contribution is 5.76. The van der Waals surface area contributed by atoms with Crippen LogP contribution in [0.3, 0.4) is 0 Å². The van der Waals surface area contributed by atoms with Crippen molar-refractivity contribution < 1.29 is 9.63 Å². The van der Waals surface area contributed by atoms with Crippen LogP contribution in [0.5, 0.6) is 0 Å². The van der Waals surface area contributed by atoms with Crippen LogP contribution in [0.2, 0.25) is 0 Å². The van der Waals surface area contributed by atoms with Gasteiger partial charge in [0.15, 0.2) is 0 Å². The van der Waals surface area contributed by atoms with Gasteiger partial charge in [0.25, 0.3) is 0 Å². The van der Waals surface area contributed by atoms with Crippen LogP contribution in [-0.2, 0) is 9.63 Å². The Morgan fingerprint density at radius 3 is 2.80 bits per heavy atom. The number of likely N-dealkylation sites (tertiary alicyclic amines) is 1. The highest BCUT2D eigenvalue weighted by atomic mass is 16.7. The van der Waals surface area contributed by atoms with E-state index in [9.17, 15) is 4.79 Å². The molecule has 0 saturated carbocycles. The number of amides is 1. The van der Waals surface area contributed by atoms with Crippen LogP contribution in [-0.4, -0.2) is 63.7 Å². The van der Waals surface area contributed by atoms with E-state index in [0.717, 1.165) is 63.0 Å². The molecule has 0 bridgehead atoms. The fourth-order valence-electron chi connectivity index (χ4n) is 3.72. The van der Waals surface area contributed by atoms with Gasteiger partial charge in [0, 0.05) is 32.6 Å². The van der Waals surface area contributed by atoms with Crippen molar-refractivity contribution in [2.75, 3.05) is 32.8 Å². The zero-order valence-electron chi connectivity index (χ0n) is 14.5. The Labute approximate surface area is 147 Å². The number of nitrogens with zero attached hydrogens (tertiary/aromatic N) is 5. The highest BCUT2D eigenvalue weighted by Gasteiger charge is 2.25. The summed E-state index contributed by atoms with van der Waals surface area (Å²) < 4.78 is 2.03. The number of rotatable bonds is 4. The summed E-state index contributed by atoms with van der Waals surface area (Å²) in [5, 5.41) is 10.5. The lowest BCUT2D eigenvalue weighted by atomic mass is 10.0. The van der Waals surface area contributed by atoms with Crippen LogP contribution < -0.4 is 0 Å². The average molecular weight is 343 g/mol. The molecule has 0 atom stereocenters. The number of benzene rings is 1. The van der Waals surface area contributed by atoms with Crippen molar-refractivity contribution in [2.24, 2.45) is 0 Å². The van der Waals surface area contributed by atoms with Crippen LogP contribution >= 0.6 is 0 Å². The monoisotopic (exact) mass is 343 g/mol. The zero-order chi connectivity index (χ0) is 17.1. The topological polar surface area (TPSA) is 63.5 Å². The van der Waals surface area contributed by atoms with Gasteiger partial charge in [0.2, 0.25) is 5.91 Å². The molecule has 2 aliphatic rings. The van der Waals surface area contributed by atoms with Gasteiger partial charge in [0.1, 0.15) is 5.52 Å². The number of hydrogen-bond acceptors (Lipinski definition) is 5. The van der Waals surface area contributed by atoms with Crippen LogP contribution in [0.4, 0.5) is 0 Å². The minimum absolute atomic E-state index is 0.232. The number of piperidine rings is 1. The van der Waals surface area contributed by atoms with Crippen LogP contribution in [0.25, 0.3) is 11.0 Å². The van der Waals surface area contributed by atoms with Gasteiger partial charge in [-0.05, 0) is 37.8 Å². The lowest BCUT2D eigenvalue weighted by Gasteiger charge is -2.33. The second kappa shape index (κ2) is 7.49. The molecule has 7 nitrogen and oxygen atoms in total. The molecule has 2 saturated heterocycles. The predicted octanol–water partition coefficient (Wildman–Crippen LogP) is 2.01. The van der Waals surface area contributed by atoms with Gasteiger partial charge in [-0.1, -0.05) is 17.3 Å². The number of hydrogen-bond donors (Lipinski definition) is 0. The Kier molecular flexibility index (Phi) is 4.94. The van der Waals surface area contributed by atoms with E-state index >= 15 is 0 Å². The molecule has 1 aromatic carbocycles. The average Bonchev–Trinajstić information content (AvgIpc) is 3.11. The first-order valence-electron chi connectivity index (χ1n) is 9.27. The number of aromatic nitrogens is 3. The largest absolute Gasteiger partial charge is 0.342 e. The smallest absolute Gasteiger partial charge is 0.223 e. The fraction of sp³-hybridized carbons (Fsp3) is 0.611. The quantitative estimate of drug-likeness (QED) is 0.850. The summed E-state index contributed by atoms with van der Waals surface area (Å²) in [6, 6.07) is 8.37. The van der Waals surface area contributed by atoms with Crippen LogP contribution in [0.15, 0.2) is 24.3 Å². The summed E-state index contributed by atoms with van der Waals surface area (Å²) >= 11 is 0. The maximum absolute atomic E-state index is 12.5. The van der Waals surface area contributed by atoms with Gasteiger partial charge in [0.05, 0.1) is 18.2 Å². The third-order valence-electron chi connectivity index (χ3n) is 5.19. The highest BCUT2D eigenvalue weighted by Crippen LogP contribution is 2.25. The molecule has 0 radical (unpaired) electrons. The third kappa shape index (κ3) is 3.67. The fourth-order valence-corrected chi connectivity index (χ4v) is 3.72. The van der Waals surface area contributed by atoms with Gasteiger partial charge < -0.3 is 4.90 Å². The second-order valence-corrected chi connectivity index (χ2v) is 6.85. The molecule has 2 aromatic rings. The van der Waals surface area contributed by atoms with Crippen molar-refractivity contribution in [1.82, 2.24) is 25.0 Å². The standard InChI is InChI=1S/C18H25N5O2/c24-18(9-13-22-10-3-4-14-25-22)21-11-7-15(8-12-21)23-17-6-2-1-5-16(17)19-20-23/h1-2,5-6,15H,3-4,7-14H2. The van der Waals surface area contributed by atoms with Crippen molar-refractivity contribution in [2.45, 2.75) is 38.1 Å². The number of fused-ring (bicyclic) bond motifs is 1. The van der Waals surface area contributed by atoms with E-state index in [1.165, 1.54) is 0 Å². The van der Waals surface area contributed by atoms with Crippen molar-refractivity contribution in [1.29, 1.82) is 0 Å². The molecular formula is C18H25N5O2. The Hall–Kier alpha value is -1.99. The summed E-state index contributed by atoms with van der Waals surface area (Å²) in [7, 11) is 0. The molecule has 0 unspecified atom stereocenters. The summed E-state index contributed by atoms with van der Waals surface area (Å²) in [6.45, 7) is 4.00. The molecule has 1 aromatic heterocycles. The molecule has 4 rings (SSSR count). The Morgan fingerprint density at radius 1 is 1.16 bits per heavy atom. The van der Waals surface area contributed by atoms with E-state index in [0.29, 0.717) is 19.0 Å². The molecule has 2 aliphatic heterocycles. The molecule has 7 heteroatoms. The number of carbonyl (C=O) groups is 1. The Morgan fingerprint density at radius 2 is 2.00 bits per heavy atom. The SMILES string of the molecule is O=C(CCN1CCCCO1)N1CCC(n2nnc3ccccc32)CC1. The lowest BCUT2D eigenvalue weighted by Crippen LogP contribution is -2.41. The first kappa shape index (κ1) is 16.5. The van der Waals surface area contributed by atoms with E-state index in [-0.39, 0.29) is 5.91 Å². The molecule has 0 spiro atoms. The van der Waals surface area contributed by atoms with Crippen molar-refractivity contribution >= 4 is 16.9 Å². The number of carbonyl (C=O) groups excluding carboxylic acids is 1. The van der Waals surface area contributed by atoms with E-state index in [4.69, 9.17) is 4.84 Å². The molecular weight excluding hydrogens is 318 g/mol. The van der Waals surface area contributed by atoms with Gasteiger partial charge in [-0.3, -0.25) is 9.63 Å². The third-order valence-corrected chi connectivity index (χ3v) is 5.19. The molecule has 1 amide bonds. The number of hydroxylamine groups is 2. The van der Waals surface area contributed by atoms with Crippen LogP contribution in [0.1, 0.15) is 38.1 Å². The lowest BCUT2D eigenvalue weighted by molar-refractivity contribution is -0.182. The van der Waals surface area contributed by atoms with E-state index in [1.807, 2.05) is 32.8 Å². The maximum atomic E-state index is 12.5. The van der Waals surface area contributed by atoms with Gasteiger partial charge in [-0.15, -0.1) is 5.10 Å². The minimum atomic E-state index is 0.232. The van der Waals surface area contributed by atoms with Gasteiger partial charge in [-0.2, -0.15) is 5.06 Å². The van der Waals surface area contributed by atoms with E-state index in [1.54, 1.807) is 0 Å². The molecule has 134 valence electrons. The van der Waals surface area contributed by atoms with Crippen molar-refractivity contribution in [3.63, 3.8) is 0 Å². The first-order valence-corrected chi connectivity index (χ1v) is 9.27. The minimum Gasteiger partial charge on any atom is -0.342 e. The normalized spacial score (nSPS) is 20.2. The van der Waals surface area contributed by atoms with Crippen molar-refractivity contribution in [3.05, 3.63) is 24.3 Å². The molecule has 25 heavy (non-hydrogen) atoms. The van der Waals surface area contributed by atoms with E-state index < -0.39 is 0 Å². The summed E-state index contributed by atoms with van der Waals surface area (Å²) in [6.07, 6.45) is 4.68. The van der Waals surface area contributed by atoms with E-state index in [2.05, 4.69) is 16.4 Å². The molecule has 0 N–H and O–H groups in total. The van der Waals surface area contributed by atoms with Gasteiger partial charge >= 0.3 is 0 Å². The van der Waals surface area contributed by atoms with Crippen molar-refractivity contribution in [3.8, 4) is 0 Å². The second-order valence-electron chi connectivity index (χ2n) is 6.85. The predicted molar refractivity (Wildman–Crippen MR) is 93.8 cm³/mol. The maximum Gasteiger partial charge on any atom is 0.223 e. The summed E-state index contributed by atoms with van der Waals surface area (Å²) in [5.41, 5.74) is 2.01. The Balaban J connectivity index is 1.29. The molecule has 0 aliphatic carbocycles. The molecule has 3 heterocycles. The molecule has 2 fully saturated rings. The number of para-hydroxylation sites is 1. The van der Waals surface area contributed by atoms with Gasteiger partial charge in [-0.25, -0.2) is 4.68 Å². The first-order chi connectivity index (χ1) is 12.3. The van der Waals surface area contributed by atoms with Crippen LogP contribution in [0, 0.1) is 0 Å². The zero-order valence-corrected chi connectivity index (χ0v) is 14.5. The summed E-state index contributed by atoms with van der Waals surface area (Å²) in [4.78, 5) is 20.0.